The fourth-order valence-corrected chi connectivity index (χ4v) is 2.61. The van der Waals surface area contributed by atoms with Crippen molar-refractivity contribution < 1.29 is 23.1 Å². The standard InChI is InChI=1S/C17H14BrF2NO3/c1-24-17(23)15(6-10-3-2-4-12(18)5-10)21-16(22)11-7-13(19)9-14(20)8-11/h2-5,7-9,15H,6H2,1H3,(H,21,22)/t15-/m0/s1. The number of methoxy groups -OCH3 is 1. The van der Waals surface area contributed by atoms with Gasteiger partial charge in [-0.2, -0.15) is 0 Å². The minimum atomic E-state index is -0.983. The van der Waals surface area contributed by atoms with Crippen LogP contribution < -0.4 is 5.32 Å². The van der Waals surface area contributed by atoms with Gasteiger partial charge in [0.2, 0.25) is 0 Å². The number of amides is 1. The largest absolute Gasteiger partial charge is 0.467 e. The maximum atomic E-state index is 13.2. The number of carbonyl (C=O) groups excluding carboxylic acids is 2. The molecule has 7 heteroatoms. The summed E-state index contributed by atoms with van der Waals surface area (Å²) in [6, 6.07) is 8.66. The summed E-state index contributed by atoms with van der Waals surface area (Å²) in [5.41, 5.74) is 0.571. The van der Waals surface area contributed by atoms with Crippen LogP contribution in [-0.4, -0.2) is 25.0 Å². The molecule has 0 heterocycles. The minimum Gasteiger partial charge on any atom is -0.467 e. The van der Waals surface area contributed by atoms with E-state index in [1.165, 1.54) is 7.11 Å². The van der Waals surface area contributed by atoms with Gasteiger partial charge in [-0.05, 0) is 29.8 Å². The Morgan fingerprint density at radius 2 is 1.83 bits per heavy atom. The predicted octanol–water partition coefficient (Wildman–Crippen LogP) is 3.24. The smallest absolute Gasteiger partial charge is 0.328 e. The van der Waals surface area contributed by atoms with Crippen molar-refractivity contribution in [3.8, 4) is 0 Å². The Morgan fingerprint density at radius 1 is 1.17 bits per heavy atom. The Kier molecular flexibility index (Phi) is 6.03. The number of hydrogen-bond donors (Lipinski definition) is 1. The number of rotatable bonds is 5. The van der Waals surface area contributed by atoms with Crippen LogP contribution in [0.1, 0.15) is 15.9 Å². The van der Waals surface area contributed by atoms with Crippen LogP contribution in [0.4, 0.5) is 8.78 Å². The van der Waals surface area contributed by atoms with Gasteiger partial charge in [-0.3, -0.25) is 4.79 Å². The van der Waals surface area contributed by atoms with E-state index in [4.69, 9.17) is 0 Å². The molecule has 0 aromatic heterocycles. The second-order valence-corrected chi connectivity index (χ2v) is 5.96. The average molecular weight is 398 g/mol. The Hall–Kier alpha value is -2.28. The molecule has 2 rings (SSSR count). The first kappa shape index (κ1) is 18.1. The first-order valence-corrected chi connectivity index (χ1v) is 7.77. The summed E-state index contributed by atoms with van der Waals surface area (Å²) in [4.78, 5) is 24.1. The third-order valence-corrected chi connectivity index (χ3v) is 3.74. The van der Waals surface area contributed by atoms with Crippen molar-refractivity contribution in [2.45, 2.75) is 12.5 Å². The van der Waals surface area contributed by atoms with Crippen LogP contribution in [0.5, 0.6) is 0 Å². The second kappa shape index (κ2) is 8.01. The lowest BCUT2D eigenvalue weighted by Crippen LogP contribution is -2.43. The van der Waals surface area contributed by atoms with E-state index in [9.17, 15) is 18.4 Å². The van der Waals surface area contributed by atoms with E-state index in [0.717, 1.165) is 22.2 Å². The number of benzene rings is 2. The number of ether oxygens (including phenoxy) is 1. The maximum absolute atomic E-state index is 13.2. The molecule has 0 aliphatic heterocycles. The first-order valence-electron chi connectivity index (χ1n) is 6.98. The molecule has 24 heavy (non-hydrogen) atoms. The molecule has 126 valence electrons. The van der Waals surface area contributed by atoms with Gasteiger partial charge in [-0.15, -0.1) is 0 Å². The van der Waals surface area contributed by atoms with Crippen molar-refractivity contribution in [1.82, 2.24) is 5.32 Å². The van der Waals surface area contributed by atoms with Gasteiger partial charge in [0.25, 0.3) is 5.91 Å². The molecule has 2 aromatic carbocycles. The molecular weight excluding hydrogens is 384 g/mol. The molecule has 1 amide bonds. The molecule has 0 radical (unpaired) electrons. The fourth-order valence-electron chi connectivity index (χ4n) is 2.16. The third kappa shape index (κ3) is 4.86. The van der Waals surface area contributed by atoms with Crippen LogP contribution in [0, 0.1) is 11.6 Å². The average Bonchev–Trinajstić information content (AvgIpc) is 2.52. The molecule has 0 spiro atoms. The van der Waals surface area contributed by atoms with Crippen LogP contribution in [0.25, 0.3) is 0 Å². The van der Waals surface area contributed by atoms with Gasteiger partial charge in [0.1, 0.15) is 17.7 Å². The van der Waals surface area contributed by atoms with Gasteiger partial charge >= 0.3 is 5.97 Å². The van der Waals surface area contributed by atoms with Gasteiger partial charge in [0.05, 0.1) is 7.11 Å². The molecule has 0 fully saturated rings. The van der Waals surface area contributed by atoms with Crippen molar-refractivity contribution in [3.63, 3.8) is 0 Å². The minimum absolute atomic E-state index is 0.176. The molecule has 0 aliphatic carbocycles. The molecule has 2 aromatic rings. The third-order valence-electron chi connectivity index (χ3n) is 3.24. The van der Waals surface area contributed by atoms with E-state index in [2.05, 4.69) is 26.0 Å². The van der Waals surface area contributed by atoms with Gasteiger partial charge < -0.3 is 10.1 Å². The van der Waals surface area contributed by atoms with Crippen molar-refractivity contribution >= 4 is 27.8 Å². The zero-order chi connectivity index (χ0) is 17.7. The Labute approximate surface area is 145 Å². The molecule has 1 atom stereocenters. The van der Waals surface area contributed by atoms with Crippen LogP contribution in [0.15, 0.2) is 46.9 Å². The zero-order valence-electron chi connectivity index (χ0n) is 12.7. The second-order valence-electron chi connectivity index (χ2n) is 5.04. The SMILES string of the molecule is COC(=O)[C@H](Cc1cccc(Br)c1)NC(=O)c1cc(F)cc(F)c1. The lowest BCUT2D eigenvalue weighted by molar-refractivity contribution is -0.142. The van der Waals surface area contributed by atoms with Gasteiger partial charge in [0.15, 0.2) is 0 Å². The number of nitrogens with one attached hydrogen (secondary N) is 1. The summed E-state index contributed by atoms with van der Waals surface area (Å²) < 4.78 is 32.0. The molecule has 0 unspecified atom stereocenters. The van der Waals surface area contributed by atoms with Crippen LogP contribution in [0.2, 0.25) is 0 Å². The zero-order valence-corrected chi connectivity index (χ0v) is 14.3. The van der Waals surface area contributed by atoms with Gasteiger partial charge in [0, 0.05) is 22.5 Å². The summed E-state index contributed by atoms with van der Waals surface area (Å²) in [6.45, 7) is 0. The summed E-state index contributed by atoms with van der Waals surface area (Å²) >= 11 is 3.32. The highest BCUT2D eigenvalue weighted by Crippen LogP contribution is 2.14. The van der Waals surface area contributed by atoms with Gasteiger partial charge in [-0.25, -0.2) is 13.6 Å². The number of esters is 1. The highest BCUT2D eigenvalue weighted by molar-refractivity contribution is 9.10. The van der Waals surface area contributed by atoms with Crippen molar-refractivity contribution in [1.29, 1.82) is 0 Å². The Bertz CT molecular complexity index is 747. The fraction of sp³-hybridized carbons (Fsp3) is 0.176. The van der Waals surface area contributed by atoms with E-state index in [1.54, 1.807) is 18.2 Å². The summed E-state index contributed by atoms with van der Waals surface area (Å²) in [6.07, 6.45) is 0.176. The molecule has 0 saturated heterocycles. The van der Waals surface area contributed by atoms with Crippen molar-refractivity contribution in [3.05, 3.63) is 69.7 Å². The van der Waals surface area contributed by atoms with E-state index >= 15 is 0 Å². The Morgan fingerprint density at radius 3 is 2.42 bits per heavy atom. The summed E-state index contributed by atoms with van der Waals surface area (Å²) in [5.74, 6) is -3.16. The lowest BCUT2D eigenvalue weighted by atomic mass is 10.1. The number of halogens is 3. The van der Waals surface area contributed by atoms with E-state index < -0.39 is 29.6 Å². The molecule has 1 N–H and O–H groups in total. The van der Waals surface area contributed by atoms with E-state index in [-0.39, 0.29) is 12.0 Å². The highest BCUT2D eigenvalue weighted by Gasteiger charge is 2.23. The summed E-state index contributed by atoms with van der Waals surface area (Å²) in [5, 5.41) is 2.44. The summed E-state index contributed by atoms with van der Waals surface area (Å²) in [7, 11) is 1.20. The van der Waals surface area contributed by atoms with E-state index in [1.807, 2.05) is 6.07 Å². The Balaban J connectivity index is 2.19. The van der Waals surface area contributed by atoms with Crippen LogP contribution in [0.3, 0.4) is 0 Å². The maximum Gasteiger partial charge on any atom is 0.328 e. The highest BCUT2D eigenvalue weighted by atomic mass is 79.9. The quantitative estimate of drug-likeness (QED) is 0.787. The van der Waals surface area contributed by atoms with Crippen molar-refractivity contribution in [2.75, 3.05) is 7.11 Å². The molecule has 0 bridgehead atoms. The molecule has 0 saturated carbocycles. The molecular formula is C17H14BrF2NO3. The topological polar surface area (TPSA) is 55.4 Å². The van der Waals surface area contributed by atoms with Crippen molar-refractivity contribution in [2.24, 2.45) is 0 Å². The van der Waals surface area contributed by atoms with E-state index in [0.29, 0.717) is 6.07 Å². The van der Waals surface area contributed by atoms with Crippen LogP contribution in [-0.2, 0) is 16.0 Å². The molecule has 4 nitrogen and oxygen atoms in total. The first-order chi connectivity index (χ1) is 11.4. The lowest BCUT2D eigenvalue weighted by Gasteiger charge is -2.17. The van der Waals surface area contributed by atoms with Gasteiger partial charge in [-0.1, -0.05) is 28.1 Å². The number of carbonyl (C=O) groups is 2. The normalized spacial score (nSPS) is 11.7. The number of hydrogen-bond acceptors (Lipinski definition) is 3. The molecule has 0 aliphatic rings. The monoisotopic (exact) mass is 397 g/mol. The predicted molar refractivity (Wildman–Crippen MR) is 87.5 cm³/mol. The van der Waals surface area contributed by atoms with Crippen LogP contribution >= 0.6 is 15.9 Å².